The molecule has 2 aromatic heterocycles. The van der Waals surface area contributed by atoms with Crippen LogP contribution in [0.4, 0.5) is 14.9 Å². The number of amides is 2. The maximum atomic E-state index is 15.5. The zero-order valence-electron chi connectivity index (χ0n) is 30.5. The summed E-state index contributed by atoms with van der Waals surface area (Å²) in [6.45, 7) is 8.10. The van der Waals surface area contributed by atoms with Crippen LogP contribution in [0.5, 0.6) is 23.0 Å². The molecule has 3 unspecified atom stereocenters. The van der Waals surface area contributed by atoms with Crippen LogP contribution in [0.1, 0.15) is 47.8 Å². The number of alkyl carbamates (subject to hydrolysis) is 1. The Balaban J connectivity index is 1.46. The van der Waals surface area contributed by atoms with Crippen molar-refractivity contribution < 1.29 is 42.8 Å². The molecule has 0 saturated carbocycles. The summed E-state index contributed by atoms with van der Waals surface area (Å²) >= 11 is 1.98. The van der Waals surface area contributed by atoms with E-state index in [0.29, 0.717) is 33.8 Å². The number of pyridine rings is 1. The Kier molecular flexibility index (Phi) is 11.8. The second kappa shape index (κ2) is 16.2. The Morgan fingerprint density at radius 3 is 2.22 bits per heavy atom. The largest absolute Gasteiger partial charge is 0.493 e. The molecule has 0 fully saturated rings. The summed E-state index contributed by atoms with van der Waals surface area (Å²) in [5.41, 5.74) is -0.660. The number of aliphatic carboxylic acids is 1. The first-order valence-electron chi connectivity index (χ1n) is 16.6. The molecular formula is C38H39FIN5O9. The van der Waals surface area contributed by atoms with E-state index in [1.54, 1.807) is 83.1 Å². The molecule has 2 amide bonds. The normalized spacial score (nSPS) is 13.1. The van der Waals surface area contributed by atoms with Crippen molar-refractivity contribution in [1.29, 1.82) is 0 Å². The number of rotatable bonds is 12. The number of methoxy groups -OCH3 is 2. The molecule has 0 saturated heterocycles. The summed E-state index contributed by atoms with van der Waals surface area (Å²) in [5, 5.41) is 15.7. The number of fused-ring (bicyclic) bond motifs is 1. The third-order valence-corrected chi connectivity index (χ3v) is 9.97. The molecule has 5 aromatic rings. The lowest BCUT2D eigenvalue weighted by molar-refractivity contribution is -0.141. The lowest BCUT2D eigenvalue weighted by atomic mass is 10.0. The van der Waals surface area contributed by atoms with Crippen molar-refractivity contribution in [2.45, 2.75) is 50.3 Å². The Bertz CT molecular complexity index is 2270. The van der Waals surface area contributed by atoms with Crippen LogP contribution in [0.15, 0.2) is 77.7 Å². The van der Waals surface area contributed by atoms with Gasteiger partial charge in [0, 0.05) is 35.3 Å². The van der Waals surface area contributed by atoms with Crippen molar-refractivity contribution >= 4 is 57.2 Å². The molecule has 0 spiro atoms. The van der Waals surface area contributed by atoms with Crippen molar-refractivity contribution in [3.05, 3.63) is 100 Å². The highest BCUT2D eigenvalue weighted by Gasteiger charge is 2.37. The molecule has 3 aromatic carbocycles. The van der Waals surface area contributed by atoms with Gasteiger partial charge >= 0.3 is 12.1 Å². The number of carbonyl (C=O) groups excluding carboxylic acids is 2. The second-order valence-electron chi connectivity index (χ2n) is 13.2. The lowest BCUT2D eigenvalue weighted by Gasteiger charge is -2.30. The van der Waals surface area contributed by atoms with Gasteiger partial charge in [0.25, 0.3) is 11.5 Å². The summed E-state index contributed by atoms with van der Waals surface area (Å²) in [7, 11) is 2.99. The lowest BCUT2D eigenvalue weighted by Crippen LogP contribution is -2.48. The first-order chi connectivity index (χ1) is 25.5. The molecule has 3 atom stereocenters. The Labute approximate surface area is 323 Å². The van der Waals surface area contributed by atoms with Crippen molar-refractivity contribution in [2.75, 3.05) is 19.5 Å². The molecule has 0 aliphatic carbocycles. The predicted molar refractivity (Wildman–Crippen MR) is 207 cm³/mol. The van der Waals surface area contributed by atoms with Gasteiger partial charge in [0.2, 0.25) is 0 Å². The highest BCUT2D eigenvalue weighted by atomic mass is 127. The number of ether oxygens (including phenoxy) is 4. The number of aromatic nitrogens is 3. The topological polar surface area (TPSA) is 172 Å². The highest BCUT2D eigenvalue weighted by molar-refractivity contribution is 14.1. The van der Waals surface area contributed by atoms with Crippen LogP contribution >= 0.6 is 22.6 Å². The summed E-state index contributed by atoms with van der Waals surface area (Å²) in [6.07, 6.45) is 0.585. The van der Waals surface area contributed by atoms with E-state index >= 15 is 4.39 Å². The number of hydrogen-bond donors (Lipinski definition) is 3. The van der Waals surface area contributed by atoms with E-state index in [9.17, 15) is 24.3 Å². The Morgan fingerprint density at radius 1 is 0.944 bits per heavy atom. The smallest absolute Gasteiger partial charge is 0.408 e. The first-order valence-corrected chi connectivity index (χ1v) is 17.8. The van der Waals surface area contributed by atoms with Gasteiger partial charge in [0.15, 0.2) is 23.1 Å². The number of para-hydroxylation sites is 1. The van der Waals surface area contributed by atoms with Crippen LogP contribution in [0.3, 0.4) is 0 Å². The molecule has 284 valence electrons. The van der Waals surface area contributed by atoms with E-state index in [2.05, 4.69) is 15.6 Å². The first kappa shape index (κ1) is 39.6. The molecule has 54 heavy (non-hydrogen) atoms. The molecule has 3 N–H and O–H groups in total. The summed E-state index contributed by atoms with van der Waals surface area (Å²) in [4.78, 5) is 57.2. The molecular weight excluding hydrogens is 816 g/mol. The molecule has 0 radical (unpaired) electrons. The van der Waals surface area contributed by atoms with Crippen molar-refractivity contribution in [2.24, 2.45) is 5.92 Å². The average Bonchev–Trinajstić information content (AvgIpc) is 3.39. The van der Waals surface area contributed by atoms with Crippen molar-refractivity contribution in [1.82, 2.24) is 19.7 Å². The van der Waals surface area contributed by atoms with Crippen LogP contribution < -0.4 is 30.4 Å². The van der Waals surface area contributed by atoms with Crippen LogP contribution in [-0.2, 0) is 9.53 Å². The van der Waals surface area contributed by atoms with Gasteiger partial charge in [-0.1, -0.05) is 47.7 Å². The van der Waals surface area contributed by atoms with Crippen LogP contribution in [-0.4, -0.2) is 63.3 Å². The van der Waals surface area contributed by atoms with E-state index in [1.165, 1.54) is 41.9 Å². The molecule has 14 nitrogen and oxygen atoms in total. The number of nitrogens with zero attached hydrogens (tertiary/aromatic N) is 3. The Hall–Kier alpha value is -5.65. The van der Waals surface area contributed by atoms with Gasteiger partial charge in [-0.2, -0.15) is 0 Å². The standard InChI is InChI=1S/C38H39FIN5O9/c1-20(32(36(48)49)43-37(50)54-38(3,4)5)33(40)44-21(2)31(35(47)45(44)23-11-9-8-10-12-23)34(46)42-22-13-14-28(25(39)17-22)53-27-15-16-41-26-19-30(52-7)29(51-6)18-24(26)27/h8-20,32-33H,1-7H3,(H,42,46)(H,43,50)(H,48,49). The van der Waals surface area contributed by atoms with Crippen LogP contribution in [0.2, 0.25) is 0 Å². The number of anilines is 1. The van der Waals surface area contributed by atoms with Gasteiger partial charge in [0.05, 0.1) is 31.1 Å². The number of carboxylic acid groups (broad SMARTS) is 1. The van der Waals surface area contributed by atoms with E-state index in [1.807, 2.05) is 22.6 Å². The van der Waals surface area contributed by atoms with E-state index in [0.717, 1.165) is 6.07 Å². The molecule has 0 bridgehead atoms. The van der Waals surface area contributed by atoms with Gasteiger partial charge < -0.3 is 34.7 Å². The zero-order valence-corrected chi connectivity index (χ0v) is 32.6. The number of carbonyl (C=O) groups is 3. The fourth-order valence-electron chi connectivity index (χ4n) is 5.73. The van der Waals surface area contributed by atoms with E-state index < -0.39 is 51.0 Å². The second-order valence-corrected chi connectivity index (χ2v) is 14.5. The summed E-state index contributed by atoms with van der Waals surface area (Å²) in [5.74, 6) is -2.74. The molecule has 0 aliphatic rings. The number of halogens is 2. The fraction of sp³-hybridized carbons (Fsp3) is 0.289. The predicted octanol–water partition coefficient (Wildman–Crippen LogP) is 7.24. The van der Waals surface area contributed by atoms with E-state index in [-0.39, 0.29) is 22.7 Å². The average molecular weight is 856 g/mol. The third-order valence-electron chi connectivity index (χ3n) is 8.30. The maximum absolute atomic E-state index is 15.5. The third kappa shape index (κ3) is 8.43. The summed E-state index contributed by atoms with van der Waals surface area (Å²) < 4.78 is 39.4. The van der Waals surface area contributed by atoms with Gasteiger partial charge in [-0.05, 0) is 64.1 Å². The fourth-order valence-corrected chi connectivity index (χ4v) is 6.82. The molecule has 0 aliphatic heterocycles. The van der Waals surface area contributed by atoms with Gasteiger partial charge in [0.1, 0.15) is 27.0 Å². The van der Waals surface area contributed by atoms with Crippen LogP contribution in [0.25, 0.3) is 16.6 Å². The number of nitrogens with one attached hydrogen (secondary N) is 2. The zero-order chi connectivity index (χ0) is 39.5. The quantitative estimate of drug-likeness (QED) is 0.0858. The van der Waals surface area contributed by atoms with Crippen molar-refractivity contribution in [3.8, 4) is 28.7 Å². The maximum Gasteiger partial charge on any atom is 0.408 e. The minimum Gasteiger partial charge on any atom is -0.493 e. The Morgan fingerprint density at radius 2 is 1.61 bits per heavy atom. The monoisotopic (exact) mass is 855 g/mol. The van der Waals surface area contributed by atoms with Gasteiger partial charge in [-0.15, -0.1) is 0 Å². The molecule has 2 heterocycles. The number of carboxylic acids is 1. The SMILES string of the molecule is COc1cc2nccc(Oc3ccc(NC(=O)c4c(C)n(C(I)C(C)C(NC(=O)OC(C)(C)C)C(=O)O)n(-c5ccccc5)c4=O)cc3F)c2cc1OC. The van der Waals surface area contributed by atoms with E-state index in [4.69, 9.17) is 18.9 Å². The number of benzene rings is 3. The number of hydrogen-bond acceptors (Lipinski definition) is 9. The number of alkyl halides is 1. The van der Waals surface area contributed by atoms with Crippen molar-refractivity contribution in [3.63, 3.8) is 0 Å². The molecule has 16 heteroatoms. The minimum atomic E-state index is -1.43. The van der Waals surface area contributed by atoms with Gasteiger partial charge in [-0.25, -0.2) is 18.7 Å². The summed E-state index contributed by atoms with van der Waals surface area (Å²) in [6, 6.07) is 15.8. The minimum absolute atomic E-state index is 0.0422. The van der Waals surface area contributed by atoms with Gasteiger partial charge in [-0.3, -0.25) is 19.3 Å². The molecule has 5 rings (SSSR count). The highest BCUT2D eigenvalue weighted by Crippen LogP contribution is 2.38. The van der Waals surface area contributed by atoms with Crippen LogP contribution in [0, 0.1) is 18.7 Å².